The van der Waals surface area contributed by atoms with E-state index >= 15 is 0 Å². The van der Waals surface area contributed by atoms with Gasteiger partial charge in [-0.3, -0.25) is 4.79 Å². The summed E-state index contributed by atoms with van der Waals surface area (Å²) in [6, 6.07) is 8.05. The van der Waals surface area contributed by atoms with E-state index in [4.69, 9.17) is 4.74 Å². The molecular formula is C16H26N2O2. The summed E-state index contributed by atoms with van der Waals surface area (Å²) < 4.78 is 5.41. The van der Waals surface area contributed by atoms with Crippen LogP contribution in [-0.4, -0.2) is 38.6 Å². The fourth-order valence-corrected chi connectivity index (χ4v) is 2.15. The monoisotopic (exact) mass is 278 g/mol. The first-order valence-corrected chi connectivity index (χ1v) is 7.16. The summed E-state index contributed by atoms with van der Waals surface area (Å²) in [5, 5.41) is 3.01. The number of amides is 1. The second-order valence-electron chi connectivity index (χ2n) is 5.13. The second-order valence-corrected chi connectivity index (χ2v) is 5.13. The number of carbonyl (C=O) groups excluding carboxylic acids is 1. The van der Waals surface area contributed by atoms with Crippen LogP contribution in [0.3, 0.4) is 0 Å². The van der Waals surface area contributed by atoms with Crippen molar-refractivity contribution in [1.29, 1.82) is 0 Å². The van der Waals surface area contributed by atoms with E-state index in [1.54, 1.807) is 7.11 Å². The molecule has 0 saturated carbocycles. The van der Waals surface area contributed by atoms with Crippen molar-refractivity contribution in [1.82, 2.24) is 10.2 Å². The quantitative estimate of drug-likeness (QED) is 0.794. The van der Waals surface area contributed by atoms with E-state index in [0.29, 0.717) is 13.0 Å². The summed E-state index contributed by atoms with van der Waals surface area (Å²) in [7, 11) is 5.69. The number of nitrogens with zero attached hydrogens (tertiary/aromatic N) is 1. The van der Waals surface area contributed by atoms with E-state index in [-0.39, 0.29) is 11.9 Å². The predicted octanol–water partition coefficient (Wildman–Crippen LogP) is 2.60. The highest BCUT2D eigenvalue weighted by molar-refractivity contribution is 5.75. The summed E-state index contributed by atoms with van der Waals surface area (Å²) in [5.41, 5.74) is 1.09. The molecule has 0 aromatic heterocycles. The van der Waals surface area contributed by atoms with Crippen molar-refractivity contribution >= 4 is 5.91 Å². The van der Waals surface area contributed by atoms with Crippen molar-refractivity contribution < 1.29 is 9.53 Å². The fraction of sp³-hybridized carbons (Fsp3) is 0.562. The van der Waals surface area contributed by atoms with Gasteiger partial charge in [-0.05, 0) is 26.6 Å². The van der Waals surface area contributed by atoms with Crippen LogP contribution in [0.5, 0.6) is 5.75 Å². The Kier molecular flexibility index (Phi) is 7.09. The molecule has 4 heteroatoms. The SMILES string of the molecule is CCCCC(=O)NCC(c1ccccc1OC)N(C)C. The normalized spacial score (nSPS) is 12.2. The number of nitrogens with one attached hydrogen (secondary N) is 1. The van der Waals surface area contributed by atoms with Gasteiger partial charge in [0.2, 0.25) is 5.91 Å². The number of methoxy groups -OCH3 is 1. The number of hydrogen-bond donors (Lipinski definition) is 1. The highest BCUT2D eigenvalue weighted by atomic mass is 16.5. The lowest BCUT2D eigenvalue weighted by atomic mass is 10.0. The molecule has 0 aliphatic carbocycles. The molecule has 0 fully saturated rings. The number of benzene rings is 1. The molecule has 0 saturated heterocycles. The van der Waals surface area contributed by atoms with E-state index in [2.05, 4.69) is 17.1 Å². The highest BCUT2D eigenvalue weighted by Gasteiger charge is 2.18. The van der Waals surface area contributed by atoms with Crippen molar-refractivity contribution in [3.05, 3.63) is 29.8 Å². The number of ether oxygens (including phenoxy) is 1. The molecule has 1 aromatic rings. The maximum atomic E-state index is 11.8. The third-order valence-electron chi connectivity index (χ3n) is 3.37. The Bertz CT molecular complexity index is 419. The Morgan fingerprint density at radius 3 is 2.65 bits per heavy atom. The number of carbonyl (C=O) groups is 1. The molecule has 0 spiro atoms. The molecule has 1 rings (SSSR count). The third kappa shape index (κ3) is 4.85. The first-order chi connectivity index (χ1) is 9.60. The Labute approximate surface area is 122 Å². The summed E-state index contributed by atoms with van der Waals surface area (Å²) in [4.78, 5) is 13.8. The average Bonchev–Trinajstić information content (AvgIpc) is 2.45. The Morgan fingerprint density at radius 1 is 1.35 bits per heavy atom. The maximum Gasteiger partial charge on any atom is 0.220 e. The summed E-state index contributed by atoms with van der Waals surface area (Å²) in [6.07, 6.45) is 2.58. The number of unbranched alkanes of at least 4 members (excludes halogenated alkanes) is 1. The van der Waals surface area contributed by atoms with E-state index in [0.717, 1.165) is 24.2 Å². The van der Waals surface area contributed by atoms with Gasteiger partial charge in [0.25, 0.3) is 0 Å². The van der Waals surface area contributed by atoms with Crippen molar-refractivity contribution in [2.75, 3.05) is 27.7 Å². The molecular weight excluding hydrogens is 252 g/mol. The molecule has 0 bridgehead atoms. The van der Waals surface area contributed by atoms with Gasteiger partial charge >= 0.3 is 0 Å². The summed E-state index contributed by atoms with van der Waals surface area (Å²) >= 11 is 0. The van der Waals surface area contributed by atoms with E-state index < -0.39 is 0 Å². The minimum Gasteiger partial charge on any atom is -0.496 e. The molecule has 1 N–H and O–H groups in total. The number of para-hydroxylation sites is 1. The van der Waals surface area contributed by atoms with Gasteiger partial charge in [0.05, 0.1) is 13.2 Å². The zero-order valence-electron chi connectivity index (χ0n) is 13.0. The first-order valence-electron chi connectivity index (χ1n) is 7.16. The minimum atomic E-state index is 0.108. The van der Waals surface area contributed by atoms with Crippen LogP contribution in [0.25, 0.3) is 0 Å². The lowest BCUT2D eigenvalue weighted by Gasteiger charge is -2.26. The van der Waals surface area contributed by atoms with Gasteiger partial charge in [-0.25, -0.2) is 0 Å². The van der Waals surface area contributed by atoms with Crippen molar-refractivity contribution in [3.8, 4) is 5.75 Å². The Balaban J connectivity index is 2.72. The molecule has 1 atom stereocenters. The zero-order chi connectivity index (χ0) is 15.0. The van der Waals surface area contributed by atoms with E-state index in [1.807, 2.05) is 38.4 Å². The maximum absolute atomic E-state index is 11.8. The molecule has 20 heavy (non-hydrogen) atoms. The van der Waals surface area contributed by atoms with Gasteiger partial charge in [0.15, 0.2) is 0 Å². The standard InChI is InChI=1S/C16H26N2O2/c1-5-6-11-16(19)17-12-14(18(2)3)13-9-7-8-10-15(13)20-4/h7-10,14H,5-6,11-12H2,1-4H3,(H,17,19). The minimum absolute atomic E-state index is 0.108. The van der Waals surface area contributed by atoms with Crippen molar-refractivity contribution in [2.45, 2.75) is 32.2 Å². The smallest absolute Gasteiger partial charge is 0.220 e. The second kappa shape index (κ2) is 8.59. The zero-order valence-corrected chi connectivity index (χ0v) is 13.0. The Morgan fingerprint density at radius 2 is 2.05 bits per heavy atom. The average molecular weight is 278 g/mol. The molecule has 1 aromatic carbocycles. The molecule has 0 aliphatic rings. The number of hydrogen-bond acceptors (Lipinski definition) is 3. The summed E-state index contributed by atoms with van der Waals surface area (Å²) in [5.74, 6) is 0.975. The fourth-order valence-electron chi connectivity index (χ4n) is 2.15. The first kappa shape index (κ1) is 16.5. The molecule has 0 radical (unpaired) electrons. The van der Waals surface area contributed by atoms with Crippen molar-refractivity contribution in [2.24, 2.45) is 0 Å². The van der Waals surface area contributed by atoms with Gasteiger partial charge in [-0.2, -0.15) is 0 Å². The third-order valence-corrected chi connectivity index (χ3v) is 3.37. The van der Waals surface area contributed by atoms with Crippen LogP contribution in [-0.2, 0) is 4.79 Å². The van der Waals surface area contributed by atoms with Crippen LogP contribution < -0.4 is 10.1 Å². The van der Waals surface area contributed by atoms with Gasteiger partial charge in [0, 0.05) is 18.5 Å². The van der Waals surface area contributed by atoms with Gasteiger partial charge < -0.3 is 15.0 Å². The molecule has 1 unspecified atom stereocenters. The van der Waals surface area contributed by atoms with Gasteiger partial charge in [0.1, 0.15) is 5.75 Å². The van der Waals surface area contributed by atoms with E-state index in [9.17, 15) is 4.79 Å². The van der Waals surface area contributed by atoms with Crippen LogP contribution in [0.2, 0.25) is 0 Å². The number of rotatable bonds is 8. The Hall–Kier alpha value is -1.55. The van der Waals surface area contributed by atoms with Crippen LogP contribution >= 0.6 is 0 Å². The molecule has 1 amide bonds. The molecule has 0 aliphatic heterocycles. The molecule has 112 valence electrons. The largest absolute Gasteiger partial charge is 0.496 e. The van der Waals surface area contributed by atoms with Gasteiger partial charge in [-0.15, -0.1) is 0 Å². The van der Waals surface area contributed by atoms with Crippen LogP contribution in [0.15, 0.2) is 24.3 Å². The molecule has 4 nitrogen and oxygen atoms in total. The topological polar surface area (TPSA) is 41.6 Å². The lowest BCUT2D eigenvalue weighted by molar-refractivity contribution is -0.121. The highest BCUT2D eigenvalue weighted by Crippen LogP contribution is 2.27. The van der Waals surface area contributed by atoms with Crippen LogP contribution in [0.4, 0.5) is 0 Å². The molecule has 0 heterocycles. The van der Waals surface area contributed by atoms with E-state index in [1.165, 1.54) is 0 Å². The summed E-state index contributed by atoms with van der Waals surface area (Å²) in [6.45, 7) is 2.68. The van der Waals surface area contributed by atoms with Gasteiger partial charge in [-0.1, -0.05) is 31.5 Å². The van der Waals surface area contributed by atoms with Crippen LogP contribution in [0, 0.1) is 0 Å². The lowest BCUT2D eigenvalue weighted by Crippen LogP contribution is -2.34. The predicted molar refractivity (Wildman–Crippen MR) is 82.0 cm³/mol. The number of likely N-dealkylation sites (N-methyl/N-ethyl adjacent to an activating group) is 1. The van der Waals surface area contributed by atoms with Crippen molar-refractivity contribution in [3.63, 3.8) is 0 Å². The van der Waals surface area contributed by atoms with Crippen LogP contribution in [0.1, 0.15) is 37.8 Å².